The second kappa shape index (κ2) is 6.55. The van der Waals surface area contributed by atoms with Crippen molar-refractivity contribution in [3.8, 4) is 11.8 Å². The number of nitrogens with zero attached hydrogens (tertiary/aromatic N) is 3. The molecule has 0 radical (unpaired) electrons. The van der Waals surface area contributed by atoms with E-state index in [0.29, 0.717) is 0 Å². The van der Waals surface area contributed by atoms with E-state index >= 15 is 0 Å². The van der Waals surface area contributed by atoms with E-state index in [1.165, 1.54) is 32.4 Å². The summed E-state index contributed by atoms with van der Waals surface area (Å²) in [7, 11) is 2.88. The topological polar surface area (TPSA) is 86.2 Å². The fourth-order valence-electron chi connectivity index (χ4n) is 1.42. The van der Waals surface area contributed by atoms with Gasteiger partial charge in [0.25, 0.3) is 5.91 Å². The summed E-state index contributed by atoms with van der Waals surface area (Å²) in [5, 5.41) is 2.65. The molecule has 1 amide bonds. The predicted molar refractivity (Wildman–Crippen MR) is 77.3 cm³/mol. The number of hydrogen-bond acceptors (Lipinski definition) is 6. The molecule has 7 nitrogen and oxygen atoms in total. The molecule has 0 saturated carbocycles. The highest BCUT2D eigenvalue weighted by atomic mass is 35.5. The van der Waals surface area contributed by atoms with Crippen LogP contribution in [0.15, 0.2) is 18.2 Å². The molecule has 9 heteroatoms. The number of methoxy groups -OCH3 is 2. The second-order valence-electron chi connectivity index (χ2n) is 3.70. The minimum Gasteiger partial charge on any atom is -0.481 e. The second-order valence-corrected chi connectivity index (χ2v) is 4.45. The number of nitrogens with one attached hydrogen (secondary N) is 1. The van der Waals surface area contributed by atoms with Gasteiger partial charge in [-0.15, -0.1) is 0 Å². The van der Waals surface area contributed by atoms with Crippen molar-refractivity contribution in [3.63, 3.8) is 0 Å². The van der Waals surface area contributed by atoms with Gasteiger partial charge >= 0.3 is 0 Å². The zero-order chi connectivity index (χ0) is 15.4. The van der Waals surface area contributed by atoms with Gasteiger partial charge in [0, 0.05) is 0 Å². The van der Waals surface area contributed by atoms with Gasteiger partial charge in [-0.05, 0) is 12.1 Å². The Labute approximate surface area is 130 Å². The Balaban J connectivity index is 2.26. The average molecular weight is 329 g/mol. The average Bonchev–Trinajstić information content (AvgIpc) is 2.46. The van der Waals surface area contributed by atoms with Crippen LogP contribution < -0.4 is 14.8 Å². The Kier molecular flexibility index (Phi) is 4.77. The Hall–Kier alpha value is -2.12. The van der Waals surface area contributed by atoms with Crippen LogP contribution >= 0.6 is 23.2 Å². The van der Waals surface area contributed by atoms with Crippen LogP contribution in [-0.2, 0) is 0 Å². The highest BCUT2D eigenvalue weighted by Gasteiger charge is 2.15. The standard InChI is InChI=1S/C12H10Cl2N4O3/c1-20-8-5-9(21-2)17-12(16-8)18-11(19)6-3-4-7(13)15-10(6)14/h3-5H,1-2H3,(H,16,17,18,19). The van der Waals surface area contributed by atoms with Crippen LogP contribution in [0.2, 0.25) is 10.3 Å². The van der Waals surface area contributed by atoms with Crippen molar-refractivity contribution in [1.29, 1.82) is 0 Å². The molecule has 0 bridgehead atoms. The molecule has 110 valence electrons. The minimum atomic E-state index is -0.528. The minimum absolute atomic E-state index is 0.0159. The van der Waals surface area contributed by atoms with Crippen molar-refractivity contribution >= 4 is 35.1 Å². The summed E-state index contributed by atoms with van der Waals surface area (Å²) in [5.41, 5.74) is 0.145. The third kappa shape index (κ3) is 3.71. The molecule has 0 fully saturated rings. The molecule has 0 unspecified atom stereocenters. The molecular formula is C12H10Cl2N4O3. The highest BCUT2D eigenvalue weighted by Crippen LogP contribution is 2.20. The van der Waals surface area contributed by atoms with Crippen molar-refractivity contribution in [2.24, 2.45) is 0 Å². The lowest BCUT2D eigenvalue weighted by Gasteiger charge is -2.08. The van der Waals surface area contributed by atoms with Gasteiger partial charge < -0.3 is 9.47 Å². The predicted octanol–water partition coefficient (Wildman–Crippen LogP) is 2.45. The first kappa shape index (κ1) is 15.3. The fourth-order valence-corrected chi connectivity index (χ4v) is 1.85. The Morgan fingerprint density at radius 2 is 1.71 bits per heavy atom. The van der Waals surface area contributed by atoms with Gasteiger partial charge in [-0.2, -0.15) is 9.97 Å². The van der Waals surface area contributed by atoms with E-state index in [1.807, 2.05) is 0 Å². The van der Waals surface area contributed by atoms with Crippen LogP contribution in [0.1, 0.15) is 10.4 Å². The summed E-state index contributed by atoms with van der Waals surface area (Å²) in [5.74, 6) is -0.0170. The van der Waals surface area contributed by atoms with E-state index in [4.69, 9.17) is 32.7 Å². The summed E-state index contributed by atoms with van der Waals surface area (Å²) in [6.45, 7) is 0. The van der Waals surface area contributed by atoms with Crippen LogP contribution in [0.25, 0.3) is 0 Å². The maximum Gasteiger partial charge on any atom is 0.261 e. The number of pyridine rings is 1. The highest BCUT2D eigenvalue weighted by molar-refractivity contribution is 6.35. The molecule has 0 spiro atoms. The largest absolute Gasteiger partial charge is 0.481 e. The van der Waals surface area contributed by atoms with E-state index in [9.17, 15) is 4.79 Å². The van der Waals surface area contributed by atoms with Crippen molar-refractivity contribution in [2.45, 2.75) is 0 Å². The van der Waals surface area contributed by atoms with Gasteiger partial charge in [-0.25, -0.2) is 4.98 Å². The molecule has 0 aliphatic heterocycles. The third-order valence-corrected chi connectivity index (χ3v) is 2.88. The molecule has 0 aromatic carbocycles. The molecule has 21 heavy (non-hydrogen) atoms. The van der Waals surface area contributed by atoms with Gasteiger partial charge in [0.1, 0.15) is 10.3 Å². The molecule has 0 aliphatic rings. The lowest BCUT2D eigenvalue weighted by molar-refractivity contribution is 0.102. The molecule has 2 aromatic rings. The number of aromatic nitrogens is 3. The first-order valence-corrected chi connectivity index (χ1v) is 6.39. The number of ether oxygens (including phenoxy) is 2. The van der Waals surface area contributed by atoms with Gasteiger partial charge in [-0.1, -0.05) is 23.2 Å². The van der Waals surface area contributed by atoms with E-state index < -0.39 is 5.91 Å². The maximum absolute atomic E-state index is 12.1. The molecular weight excluding hydrogens is 319 g/mol. The van der Waals surface area contributed by atoms with E-state index in [1.54, 1.807) is 0 Å². The van der Waals surface area contributed by atoms with Gasteiger partial charge in [-0.3, -0.25) is 10.1 Å². The number of anilines is 1. The zero-order valence-electron chi connectivity index (χ0n) is 11.1. The molecule has 0 saturated heterocycles. The SMILES string of the molecule is COc1cc(OC)nc(NC(=O)c2ccc(Cl)nc2Cl)n1. The van der Waals surface area contributed by atoms with Crippen LogP contribution in [-0.4, -0.2) is 35.1 Å². The maximum atomic E-state index is 12.1. The third-order valence-electron chi connectivity index (χ3n) is 2.38. The Morgan fingerprint density at radius 3 is 2.24 bits per heavy atom. The monoisotopic (exact) mass is 328 g/mol. The lowest BCUT2D eigenvalue weighted by Crippen LogP contribution is -2.15. The summed E-state index contributed by atoms with van der Waals surface area (Å²) in [6.07, 6.45) is 0. The van der Waals surface area contributed by atoms with Crippen molar-refractivity contribution in [3.05, 3.63) is 34.1 Å². The summed E-state index contributed by atoms with van der Waals surface area (Å²) in [4.78, 5) is 23.8. The Morgan fingerprint density at radius 1 is 1.10 bits per heavy atom. The molecule has 2 rings (SSSR count). The van der Waals surface area contributed by atoms with Crippen LogP contribution in [0.4, 0.5) is 5.95 Å². The van der Waals surface area contributed by atoms with Gasteiger partial charge in [0.05, 0.1) is 25.8 Å². The van der Waals surface area contributed by atoms with E-state index in [-0.39, 0.29) is 33.6 Å². The number of halogens is 2. The molecule has 0 aliphatic carbocycles. The smallest absolute Gasteiger partial charge is 0.261 e. The fraction of sp³-hybridized carbons (Fsp3) is 0.167. The lowest BCUT2D eigenvalue weighted by atomic mass is 10.3. The number of carbonyl (C=O) groups excluding carboxylic acids is 1. The van der Waals surface area contributed by atoms with Crippen molar-refractivity contribution in [1.82, 2.24) is 15.0 Å². The normalized spacial score (nSPS) is 10.1. The molecule has 1 N–H and O–H groups in total. The first-order valence-electron chi connectivity index (χ1n) is 5.64. The van der Waals surface area contributed by atoms with Crippen LogP contribution in [0, 0.1) is 0 Å². The molecule has 2 heterocycles. The van der Waals surface area contributed by atoms with E-state index in [0.717, 1.165) is 0 Å². The number of hydrogen-bond donors (Lipinski definition) is 1. The summed E-state index contributed by atoms with van der Waals surface area (Å²) < 4.78 is 9.97. The first-order chi connectivity index (χ1) is 10.0. The van der Waals surface area contributed by atoms with Crippen LogP contribution in [0.3, 0.4) is 0 Å². The molecule has 0 atom stereocenters. The van der Waals surface area contributed by atoms with Gasteiger partial charge in [0.2, 0.25) is 17.7 Å². The quantitative estimate of drug-likeness (QED) is 0.867. The Bertz CT molecular complexity index is 659. The van der Waals surface area contributed by atoms with Crippen LogP contribution in [0.5, 0.6) is 11.8 Å². The van der Waals surface area contributed by atoms with Crippen molar-refractivity contribution < 1.29 is 14.3 Å². The number of amides is 1. The van der Waals surface area contributed by atoms with Crippen molar-refractivity contribution in [2.75, 3.05) is 19.5 Å². The number of rotatable bonds is 4. The van der Waals surface area contributed by atoms with Gasteiger partial charge in [0.15, 0.2) is 0 Å². The number of carbonyl (C=O) groups is 1. The summed E-state index contributed by atoms with van der Waals surface area (Å²) in [6, 6.07) is 4.38. The van der Waals surface area contributed by atoms with E-state index in [2.05, 4.69) is 20.3 Å². The summed E-state index contributed by atoms with van der Waals surface area (Å²) >= 11 is 11.5. The molecule has 2 aromatic heterocycles. The zero-order valence-corrected chi connectivity index (χ0v) is 12.6.